The summed E-state index contributed by atoms with van der Waals surface area (Å²) in [6.45, 7) is 0.872. The van der Waals surface area contributed by atoms with Crippen molar-refractivity contribution in [2.45, 2.75) is 5.03 Å². The number of hydrogen-bond acceptors (Lipinski definition) is 8. The highest BCUT2D eigenvalue weighted by Crippen LogP contribution is 2.36. The van der Waals surface area contributed by atoms with Gasteiger partial charge in [-0.25, -0.2) is 4.98 Å². The van der Waals surface area contributed by atoms with Gasteiger partial charge >= 0.3 is 0 Å². The number of hydrogen-bond donors (Lipinski definition) is 2. The zero-order valence-corrected chi connectivity index (χ0v) is 16.3. The molecule has 1 amide bonds. The third-order valence-electron chi connectivity index (χ3n) is 3.73. The van der Waals surface area contributed by atoms with E-state index in [1.54, 1.807) is 31.4 Å². The van der Waals surface area contributed by atoms with E-state index in [1.807, 2.05) is 6.07 Å². The third kappa shape index (κ3) is 4.92. The number of nitrogens with zero attached hydrogens (tertiary/aromatic N) is 3. The van der Waals surface area contributed by atoms with Crippen molar-refractivity contribution in [2.75, 3.05) is 38.9 Å². The molecule has 0 saturated heterocycles. The van der Waals surface area contributed by atoms with Crippen LogP contribution in [-0.4, -0.2) is 44.0 Å². The maximum absolute atomic E-state index is 11.5. The molecule has 0 saturated carbocycles. The van der Waals surface area contributed by atoms with Crippen LogP contribution in [0.5, 0.6) is 5.75 Å². The van der Waals surface area contributed by atoms with Gasteiger partial charge in [0.05, 0.1) is 17.9 Å². The van der Waals surface area contributed by atoms with Crippen LogP contribution < -0.4 is 15.8 Å². The van der Waals surface area contributed by atoms with Gasteiger partial charge in [-0.1, -0.05) is 23.9 Å². The van der Waals surface area contributed by atoms with Crippen molar-refractivity contribution in [2.24, 2.45) is 0 Å². The molecular formula is C19H19N5O3S. The number of methoxy groups -OCH3 is 1. The number of aromatic nitrogens is 1. The van der Waals surface area contributed by atoms with Crippen molar-refractivity contribution >= 4 is 23.5 Å². The Morgan fingerprint density at radius 3 is 2.46 bits per heavy atom. The van der Waals surface area contributed by atoms with Gasteiger partial charge in [-0.05, 0) is 17.7 Å². The number of amides is 1. The molecule has 2 rings (SSSR count). The van der Waals surface area contributed by atoms with Gasteiger partial charge in [0.25, 0.3) is 0 Å². The lowest BCUT2D eigenvalue weighted by Gasteiger charge is -2.13. The van der Waals surface area contributed by atoms with Crippen molar-refractivity contribution in [3.63, 3.8) is 0 Å². The second-order valence-corrected chi connectivity index (χ2v) is 6.44. The zero-order valence-electron chi connectivity index (χ0n) is 15.5. The lowest BCUT2D eigenvalue weighted by Crippen LogP contribution is -2.20. The Kier molecular flexibility index (Phi) is 7.64. The Hall–Kier alpha value is -3.27. The molecule has 3 N–H and O–H groups in total. The van der Waals surface area contributed by atoms with Gasteiger partial charge in [-0.3, -0.25) is 4.79 Å². The number of nitriles is 2. The van der Waals surface area contributed by atoms with Crippen LogP contribution in [0.25, 0.3) is 11.1 Å². The summed E-state index contributed by atoms with van der Waals surface area (Å²) >= 11 is 1.09. The third-order valence-corrected chi connectivity index (χ3v) is 4.71. The summed E-state index contributed by atoms with van der Waals surface area (Å²) in [5, 5.41) is 22.0. The van der Waals surface area contributed by atoms with Crippen molar-refractivity contribution < 1.29 is 14.3 Å². The van der Waals surface area contributed by atoms with Crippen molar-refractivity contribution in [3.8, 4) is 29.0 Å². The van der Waals surface area contributed by atoms with Gasteiger partial charge in [0.2, 0.25) is 5.91 Å². The number of nitrogen functional groups attached to an aromatic ring is 1. The maximum Gasteiger partial charge on any atom is 0.230 e. The molecule has 2 aromatic rings. The number of ether oxygens (including phenoxy) is 2. The molecule has 144 valence electrons. The summed E-state index contributed by atoms with van der Waals surface area (Å²) in [6.07, 6.45) is 0. The van der Waals surface area contributed by atoms with E-state index in [0.717, 1.165) is 11.8 Å². The van der Waals surface area contributed by atoms with E-state index >= 15 is 0 Å². The van der Waals surface area contributed by atoms with Gasteiger partial charge in [0, 0.05) is 19.7 Å². The average molecular weight is 397 g/mol. The Morgan fingerprint density at radius 1 is 1.21 bits per heavy atom. The first-order chi connectivity index (χ1) is 13.5. The van der Waals surface area contributed by atoms with Crippen LogP contribution in [0.1, 0.15) is 11.1 Å². The quantitative estimate of drug-likeness (QED) is 0.510. The smallest absolute Gasteiger partial charge is 0.230 e. The van der Waals surface area contributed by atoms with E-state index in [-0.39, 0.29) is 28.6 Å². The average Bonchev–Trinajstić information content (AvgIpc) is 2.72. The monoisotopic (exact) mass is 397 g/mol. The molecule has 1 heterocycles. The van der Waals surface area contributed by atoms with Gasteiger partial charge < -0.3 is 20.5 Å². The number of rotatable bonds is 8. The molecule has 1 aromatic carbocycles. The molecule has 0 unspecified atom stereocenters. The fraction of sp³-hybridized carbons (Fsp3) is 0.263. The summed E-state index contributed by atoms with van der Waals surface area (Å²) in [5.74, 6) is 0.512. The minimum Gasteiger partial charge on any atom is -0.491 e. The second-order valence-electron chi connectivity index (χ2n) is 5.48. The van der Waals surface area contributed by atoms with Gasteiger partial charge in [0.1, 0.15) is 40.9 Å². The molecule has 0 radical (unpaired) electrons. The van der Waals surface area contributed by atoms with Crippen molar-refractivity contribution in [3.05, 3.63) is 35.4 Å². The summed E-state index contributed by atoms with van der Waals surface area (Å²) in [7, 11) is 3.11. The zero-order chi connectivity index (χ0) is 20.5. The molecule has 9 heteroatoms. The predicted octanol–water partition coefficient (Wildman–Crippen LogP) is 1.94. The largest absolute Gasteiger partial charge is 0.491 e. The Morgan fingerprint density at radius 2 is 1.89 bits per heavy atom. The van der Waals surface area contributed by atoms with Gasteiger partial charge in [-0.2, -0.15) is 10.5 Å². The first-order valence-corrected chi connectivity index (χ1v) is 9.23. The minimum absolute atomic E-state index is 0.0105. The summed E-state index contributed by atoms with van der Waals surface area (Å²) < 4.78 is 10.5. The number of pyridine rings is 1. The van der Waals surface area contributed by atoms with Crippen molar-refractivity contribution in [1.29, 1.82) is 10.5 Å². The summed E-state index contributed by atoms with van der Waals surface area (Å²) in [6, 6.07) is 11.1. The SMILES string of the molecule is CNC(=O)CSc1nc(N)c(C#N)c(-c2ccc(OCCOC)cc2)c1C#N. The maximum atomic E-state index is 11.5. The first kappa shape index (κ1) is 21.0. The molecule has 0 spiro atoms. The molecule has 28 heavy (non-hydrogen) atoms. The van der Waals surface area contributed by atoms with E-state index < -0.39 is 0 Å². The summed E-state index contributed by atoms with van der Waals surface area (Å²) in [4.78, 5) is 15.7. The molecule has 0 aliphatic rings. The molecule has 0 bridgehead atoms. The number of carbonyl (C=O) groups is 1. The van der Waals surface area contributed by atoms with Crippen LogP contribution in [0.3, 0.4) is 0 Å². The standard InChI is InChI=1S/C19H19N5O3S/c1-23-16(25)11-28-19-15(10-21)17(14(9-20)18(22)24-19)12-3-5-13(6-4-12)27-8-7-26-2/h3-6H,7-8,11H2,1-2H3,(H2,22,24)(H,23,25). The fourth-order valence-electron chi connectivity index (χ4n) is 2.36. The van der Waals surface area contributed by atoms with Gasteiger partial charge in [-0.15, -0.1) is 0 Å². The van der Waals surface area contributed by atoms with Crippen LogP contribution in [0.15, 0.2) is 29.3 Å². The fourth-order valence-corrected chi connectivity index (χ4v) is 3.23. The van der Waals surface area contributed by atoms with Gasteiger partial charge in [0.15, 0.2) is 0 Å². The molecular weight excluding hydrogens is 378 g/mol. The topological polar surface area (TPSA) is 134 Å². The van der Waals surface area contributed by atoms with Crippen LogP contribution >= 0.6 is 11.8 Å². The number of nitrogens with one attached hydrogen (secondary N) is 1. The molecule has 0 atom stereocenters. The predicted molar refractivity (Wildman–Crippen MR) is 106 cm³/mol. The van der Waals surface area contributed by atoms with E-state index in [1.165, 1.54) is 7.05 Å². The Bertz CT molecular complexity index is 933. The number of benzene rings is 1. The lowest BCUT2D eigenvalue weighted by molar-refractivity contribution is -0.118. The number of anilines is 1. The van der Waals surface area contributed by atoms with Crippen molar-refractivity contribution in [1.82, 2.24) is 10.3 Å². The Balaban J connectivity index is 2.46. The highest BCUT2D eigenvalue weighted by Gasteiger charge is 2.21. The number of nitrogens with two attached hydrogens (primary N) is 1. The first-order valence-electron chi connectivity index (χ1n) is 8.24. The number of thioether (sulfide) groups is 1. The van der Waals surface area contributed by atoms with Crippen LogP contribution in [0.2, 0.25) is 0 Å². The molecule has 0 aliphatic carbocycles. The van der Waals surface area contributed by atoms with Crippen LogP contribution in [0.4, 0.5) is 5.82 Å². The number of carbonyl (C=O) groups excluding carboxylic acids is 1. The van der Waals surface area contributed by atoms with E-state index in [2.05, 4.69) is 16.4 Å². The van der Waals surface area contributed by atoms with E-state index in [0.29, 0.717) is 35.1 Å². The van der Waals surface area contributed by atoms with Crippen LogP contribution in [0, 0.1) is 22.7 Å². The Labute approximate surface area is 167 Å². The molecule has 0 aliphatic heterocycles. The van der Waals surface area contributed by atoms with E-state index in [4.69, 9.17) is 15.2 Å². The highest BCUT2D eigenvalue weighted by atomic mass is 32.2. The molecule has 1 aromatic heterocycles. The minimum atomic E-state index is -0.210. The lowest BCUT2D eigenvalue weighted by atomic mass is 9.97. The molecule has 0 fully saturated rings. The van der Waals surface area contributed by atoms with E-state index in [9.17, 15) is 15.3 Å². The highest BCUT2D eigenvalue weighted by molar-refractivity contribution is 8.00. The molecule has 8 nitrogen and oxygen atoms in total. The van der Waals surface area contributed by atoms with Crippen LogP contribution in [-0.2, 0) is 9.53 Å². The summed E-state index contributed by atoms with van der Waals surface area (Å²) in [5.41, 5.74) is 7.29. The normalized spacial score (nSPS) is 10.0. The second kappa shape index (κ2) is 10.2.